The predicted molar refractivity (Wildman–Crippen MR) is 114 cm³/mol. The summed E-state index contributed by atoms with van der Waals surface area (Å²) in [7, 11) is 4.15. The summed E-state index contributed by atoms with van der Waals surface area (Å²) in [4.78, 5) is 21.9. The Balaban J connectivity index is 1.85. The smallest absolute Gasteiger partial charge is 0.258 e. The highest BCUT2D eigenvalue weighted by atomic mass is 32.2. The summed E-state index contributed by atoms with van der Waals surface area (Å²) >= 11 is 1.57. The molecule has 0 unspecified atom stereocenters. The Hall–Kier alpha value is -2.19. The molecule has 0 radical (unpaired) electrons. The summed E-state index contributed by atoms with van der Waals surface area (Å²) in [6.07, 6.45) is 3.16. The van der Waals surface area contributed by atoms with Crippen LogP contribution in [0.4, 0.5) is 0 Å². The van der Waals surface area contributed by atoms with Crippen molar-refractivity contribution >= 4 is 22.7 Å². The average molecular weight is 401 g/mol. The zero-order valence-corrected chi connectivity index (χ0v) is 17.8. The second-order valence-electron chi connectivity index (χ2n) is 7.05. The van der Waals surface area contributed by atoms with Crippen LogP contribution in [0.1, 0.15) is 50.8 Å². The topological polar surface area (TPSA) is 79.7 Å². The third-order valence-corrected chi connectivity index (χ3v) is 5.77. The lowest BCUT2D eigenvalue weighted by atomic mass is 10.2. The zero-order chi connectivity index (χ0) is 20.1. The number of benzene rings is 1. The standard InChI is InChI=1S/C20H28N6OS/c1-5-7-12-26-18(16(6-2)25(3)4)23-24-20(26)28-13-17-21-15-11-9-8-10-14(15)19(27)22-17/h8-11,16H,5-7,12-13H2,1-4H3,(H,21,22,27)/t16-/m0/s1. The summed E-state index contributed by atoms with van der Waals surface area (Å²) in [5.41, 5.74) is 0.613. The van der Waals surface area contributed by atoms with Crippen LogP contribution in [0.2, 0.25) is 0 Å². The van der Waals surface area contributed by atoms with Crippen molar-refractivity contribution in [3.05, 3.63) is 46.3 Å². The lowest BCUT2D eigenvalue weighted by Gasteiger charge is -2.23. The molecule has 0 fully saturated rings. The van der Waals surface area contributed by atoms with E-state index in [2.05, 4.69) is 57.6 Å². The lowest BCUT2D eigenvalue weighted by molar-refractivity contribution is 0.270. The van der Waals surface area contributed by atoms with Gasteiger partial charge in [0.1, 0.15) is 5.82 Å². The van der Waals surface area contributed by atoms with Crippen molar-refractivity contribution < 1.29 is 0 Å². The maximum atomic E-state index is 12.3. The molecule has 0 aliphatic carbocycles. The highest BCUT2D eigenvalue weighted by Gasteiger charge is 2.22. The van der Waals surface area contributed by atoms with E-state index in [1.165, 1.54) is 0 Å². The number of thioether (sulfide) groups is 1. The van der Waals surface area contributed by atoms with Gasteiger partial charge in [0.05, 0.1) is 22.7 Å². The Morgan fingerprint density at radius 1 is 1.21 bits per heavy atom. The predicted octanol–water partition coefficient (Wildman–Crippen LogP) is 3.62. The van der Waals surface area contributed by atoms with Crippen molar-refractivity contribution in [2.24, 2.45) is 0 Å². The quantitative estimate of drug-likeness (QED) is 0.553. The molecule has 0 saturated heterocycles. The van der Waals surface area contributed by atoms with Crippen molar-refractivity contribution in [1.82, 2.24) is 29.6 Å². The van der Waals surface area contributed by atoms with Gasteiger partial charge in [-0.05, 0) is 39.1 Å². The molecule has 1 N–H and O–H groups in total. The number of hydrogen-bond donors (Lipinski definition) is 1. The van der Waals surface area contributed by atoms with Crippen LogP contribution in [0.5, 0.6) is 0 Å². The maximum absolute atomic E-state index is 12.3. The molecule has 8 heteroatoms. The highest BCUT2D eigenvalue weighted by molar-refractivity contribution is 7.98. The molecule has 1 atom stereocenters. The molecular formula is C20H28N6OS. The largest absolute Gasteiger partial charge is 0.309 e. The molecule has 3 rings (SSSR count). The fraction of sp³-hybridized carbons (Fsp3) is 0.500. The second kappa shape index (κ2) is 9.34. The molecule has 3 aromatic rings. The van der Waals surface area contributed by atoms with E-state index in [4.69, 9.17) is 0 Å². The molecule has 150 valence electrons. The third-order valence-electron chi connectivity index (χ3n) is 4.79. The monoisotopic (exact) mass is 400 g/mol. The van der Waals surface area contributed by atoms with E-state index in [1.54, 1.807) is 17.8 Å². The summed E-state index contributed by atoms with van der Waals surface area (Å²) in [5.74, 6) is 2.20. The minimum absolute atomic E-state index is 0.104. The molecule has 0 spiro atoms. The van der Waals surface area contributed by atoms with Gasteiger partial charge in [0.25, 0.3) is 5.56 Å². The Morgan fingerprint density at radius 3 is 2.71 bits per heavy atom. The van der Waals surface area contributed by atoms with E-state index in [1.807, 2.05) is 18.2 Å². The molecular weight excluding hydrogens is 372 g/mol. The second-order valence-corrected chi connectivity index (χ2v) is 7.99. The van der Waals surface area contributed by atoms with E-state index in [0.29, 0.717) is 22.5 Å². The molecule has 0 aliphatic heterocycles. The first-order chi connectivity index (χ1) is 13.5. The lowest BCUT2D eigenvalue weighted by Crippen LogP contribution is -2.23. The summed E-state index contributed by atoms with van der Waals surface area (Å²) in [5, 5.41) is 10.4. The zero-order valence-electron chi connectivity index (χ0n) is 17.0. The number of nitrogens with zero attached hydrogens (tertiary/aromatic N) is 5. The summed E-state index contributed by atoms with van der Waals surface area (Å²) < 4.78 is 2.22. The van der Waals surface area contributed by atoms with E-state index < -0.39 is 0 Å². The molecule has 7 nitrogen and oxygen atoms in total. The number of fused-ring (bicyclic) bond motifs is 1. The summed E-state index contributed by atoms with van der Waals surface area (Å²) in [6, 6.07) is 7.63. The fourth-order valence-corrected chi connectivity index (χ4v) is 4.14. The number of H-pyrrole nitrogens is 1. The molecule has 0 bridgehead atoms. The number of hydrogen-bond acceptors (Lipinski definition) is 6. The van der Waals surface area contributed by atoms with Crippen LogP contribution in [0, 0.1) is 0 Å². The van der Waals surface area contributed by atoms with Gasteiger partial charge in [-0.15, -0.1) is 10.2 Å². The fourth-order valence-electron chi connectivity index (χ4n) is 3.29. The van der Waals surface area contributed by atoms with Gasteiger partial charge < -0.3 is 9.55 Å². The van der Waals surface area contributed by atoms with Crippen molar-refractivity contribution in [1.29, 1.82) is 0 Å². The number of aromatic amines is 1. The number of rotatable bonds is 9. The van der Waals surface area contributed by atoms with E-state index in [9.17, 15) is 4.79 Å². The van der Waals surface area contributed by atoms with Crippen LogP contribution in [-0.4, -0.2) is 43.7 Å². The Kier molecular flexibility index (Phi) is 6.85. The molecule has 0 amide bonds. The van der Waals surface area contributed by atoms with Gasteiger partial charge in [0, 0.05) is 6.54 Å². The minimum Gasteiger partial charge on any atom is -0.309 e. The SMILES string of the molecule is CCCCn1c(SCc2nc3ccccc3c(=O)[nH]2)nnc1[C@H](CC)N(C)C. The summed E-state index contributed by atoms with van der Waals surface area (Å²) in [6.45, 7) is 5.25. The number of unbranched alkanes of at least 4 members (excludes halogenated alkanes) is 1. The molecule has 28 heavy (non-hydrogen) atoms. The first kappa shape index (κ1) is 20.5. The normalized spacial score (nSPS) is 12.8. The van der Waals surface area contributed by atoms with Crippen molar-refractivity contribution in [2.75, 3.05) is 14.1 Å². The van der Waals surface area contributed by atoms with Gasteiger partial charge in [-0.3, -0.25) is 9.69 Å². The van der Waals surface area contributed by atoms with Gasteiger partial charge in [-0.1, -0.05) is 44.2 Å². The molecule has 2 aromatic heterocycles. The van der Waals surface area contributed by atoms with Gasteiger partial charge in [-0.25, -0.2) is 4.98 Å². The van der Waals surface area contributed by atoms with Gasteiger partial charge in [0.2, 0.25) is 0 Å². The first-order valence-corrected chi connectivity index (χ1v) is 10.7. The number of nitrogens with one attached hydrogen (secondary N) is 1. The highest BCUT2D eigenvalue weighted by Crippen LogP contribution is 2.27. The van der Waals surface area contributed by atoms with E-state index in [-0.39, 0.29) is 11.6 Å². The van der Waals surface area contributed by atoms with Crippen LogP contribution in [0.15, 0.2) is 34.2 Å². The van der Waals surface area contributed by atoms with E-state index >= 15 is 0 Å². The van der Waals surface area contributed by atoms with Crippen LogP contribution in [-0.2, 0) is 12.3 Å². The van der Waals surface area contributed by atoms with Crippen molar-refractivity contribution in [2.45, 2.75) is 56.6 Å². The first-order valence-electron chi connectivity index (χ1n) is 9.75. The molecule has 1 aromatic carbocycles. The van der Waals surface area contributed by atoms with Crippen LogP contribution < -0.4 is 5.56 Å². The van der Waals surface area contributed by atoms with Crippen molar-refractivity contribution in [3.8, 4) is 0 Å². The maximum Gasteiger partial charge on any atom is 0.258 e. The average Bonchev–Trinajstić information content (AvgIpc) is 3.07. The minimum atomic E-state index is -0.104. The van der Waals surface area contributed by atoms with Gasteiger partial charge in [-0.2, -0.15) is 0 Å². The van der Waals surface area contributed by atoms with Crippen LogP contribution >= 0.6 is 11.8 Å². The van der Waals surface area contributed by atoms with E-state index in [0.717, 1.165) is 36.8 Å². The van der Waals surface area contributed by atoms with Gasteiger partial charge in [0.15, 0.2) is 11.0 Å². The molecule has 0 saturated carbocycles. The number of aromatic nitrogens is 5. The molecule has 0 aliphatic rings. The van der Waals surface area contributed by atoms with Crippen molar-refractivity contribution in [3.63, 3.8) is 0 Å². The van der Waals surface area contributed by atoms with Gasteiger partial charge >= 0.3 is 0 Å². The van der Waals surface area contributed by atoms with Crippen LogP contribution in [0.3, 0.4) is 0 Å². The van der Waals surface area contributed by atoms with Crippen LogP contribution in [0.25, 0.3) is 10.9 Å². The Morgan fingerprint density at radius 2 is 2.00 bits per heavy atom. The molecule has 2 heterocycles. The number of para-hydroxylation sites is 1. The Bertz CT molecular complexity index is 980. The third kappa shape index (κ3) is 4.44. The Labute approximate surface area is 169 Å².